The molecule has 34 heavy (non-hydrogen) atoms. The van der Waals surface area contributed by atoms with E-state index in [4.69, 9.17) is 5.73 Å². The summed E-state index contributed by atoms with van der Waals surface area (Å²) in [4.78, 5) is 21.7. The highest BCUT2D eigenvalue weighted by atomic mass is 19.4. The summed E-state index contributed by atoms with van der Waals surface area (Å²) < 4.78 is 58.0. The van der Waals surface area contributed by atoms with Gasteiger partial charge in [0.2, 0.25) is 5.91 Å². The van der Waals surface area contributed by atoms with Crippen LogP contribution in [-0.2, 0) is 10.3 Å². The summed E-state index contributed by atoms with van der Waals surface area (Å²) in [6, 6.07) is 9.30. The topological polar surface area (TPSA) is 107 Å². The summed E-state index contributed by atoms with van der Waals surface area (Å²) >= 11 is 0. The van der Waals surface area contributed by atoms with Gasteiger partial charge in [0.1, 0.15) is 11.6 Å². The maximum absolute atomic E-state index is 14.0. The van der Waals surface area contributed by atoms with Gasteiger partial charge in [-0.15, -0.1) is 18.3 Å². The smallest absolute Gasteiger partial charge is 0.405 e. The number of amides is 1. The van der Waals surface area contributed by atoms with Crippen LogP contribution < -0.4 is 15.8 Å². The van der Waals surface area contributed by atoms with Gasteiger partial charge in [0.05, 0.1) is 11.1 Å². The first-order chi connectivity index (χ1) is 16.0. The Morgan fingerprint density at radius 3 is 2.62 bits per heavy atom. The Morgan fingerprint density at radius 2 is 1.91 bits per heavy atom. The molecule has 8 nitrogen and oxygen atoms in total. The number of fused-ring (bicyclic) bond motifs is 3. The van der Waals surface area contributed by atoms with E-state index in [9.17, 15) is 22.4 Å². The van der Waals surface area contributed by atoms with E-state index in [2.05, 4.69) is 25.1 Å². The Bertz CT molecular complexity index is 1380. The maximum Gasteiger partial charge on any atom is 0.573 e. The minimum absolute atomic E-state index is 0.00301. The van der Waals surface area contributed by atoms with E-state index < -0.39 is 29.4 Å². The maximum atomic E-state index is 14.0. The lowest BCUT2D eigenvalue weighted by Gasteiger charge is -2.23. The zero-order valence-corrected chi connectivity index (χ0v) is 18.2. The van der Waals surface area contributed by atoms with E-state index in [-0.39, 0.29) is 22.9 Å². The molecule has 2 heterocycles. The lowest BCUT2D eigenvalue weighted by atomic mass is 10.0. The molecule has 0 spiro atoms. The molecule has 0 aliphatic heterocycles. The molecule has 0 aliphatic carbocycles. The number of hydrogen-bond acceptors (Lipinski definition) is 6. The molecule has 3 N–H and O–H groups in total. The Labute approximate surface area is 190 Å². The van der Waals surface area contributed by atoms with Crippen LogP contribution in [-0.4, -0.2) is 38.4 Å². The van der Waals surface area contributed by atoms with Crippen molar-refractivity contribution in [3.05, 3.63) is 54.1 Å². The number of aromatic nitrogens is 4. The van der Waals surface area contributed by atoms with Crippen molar-refractivity contribution in [2.24, 2.45) is 5.73 Å². The van der Waals surface area contributed by atoms with E-state index in [1.165, 1.54) is 11.4 Å². The van der Waals surface area contributed by atoms with Gasteiger partial charge in [-0.3, -0.25) is 4.79 Å². The zero-order valence-electron chi connectivity index (χ0n) is 18.2. The molecular weight excluding hydrogens is 456 g/mol. The van der Waals surface area contributed by atoms with Crippen LogP contribution >= 0.6 is 0 Å². The van der Waals surface area contributed by atoms with Gasteiger partial charge in [-0.05, 0) is 43.7 Å². The molecule has 4 rings (SSSR count). The third kappa shape index (κ3) is 4.36. The molecule has 0 saturated carbocycles. The molecule has 0 saturated heterocycles. The highest BCUT2D eigenvalue weighted by Gasteiger charge is 2.37. The Hall–Kier alpha value is -3.80. The second kappa shape index (κ2) is 8.52. The largest absolute Gasteiger partial charge is 0.573 e. The molecule has 1 amide bonds. The summed E-state index contributed by atoms with van der Waals surface area (Å²) in [5, 5.41) is 7.47. The molecule has 0 fully saturated rings. The van der Waals surface area contributed by atoms with Gasteiger partial charge < -0.3 is 15.8 Å². The second-order valence-corrected chi connectivity index (χ2v) is 7.77. The van der Waals surface area contributed by atoms with Gasteiger partial charge in [-0.1, -0.05) is 19.1 Å². The number of rotatable bonds is 6. The average Bonchev–Trinajstić information content (AvgIpc) is 3.22. The predicted molar refractivity (Wildman–Crippen MR) is 115 cm³/mol. The fourth-order valence-corrected chi connectivity index (χ4v) is 3.42. The number of alkyl halides is 3. The predicted octanol–water partition coefficient (Wildman–Crippen LogP) is 3.68. The average molecular weight is 476 g/mol. The second-order valence-electron chi connectivity index (χ2n) is 7.77. The molecule has 0 aliphatic rings. The van der Waals surface area contributed by atoms with Crippen molar-refractivity contribution >= 4 is 22.5 Å². The minimum atomic E-state index is -5.02. The summed E-state index contributed by atoms with van der Waals surface area (Å²) in [5.74, 6) is -2.28. The molecule has 1 atom stereocenters. The van der Waals surface area contributed by atoms with Crippen LogP contribution in [0.25, 0.3) is 27.9 Å². The van der Waals surface area contributed by atoms with Crippen LogP contribution in [0.3, 0.4) is 0 Å². The molecule has 0 bridgehead atoms. The summed E-state index contributed by atoms with van der Waals surface area (Å²) in [7, 11) is 0. The first kappa shape index (κ1) is 23.4. The van der Waals surface area contributed by atoms with Crippen molar-refractivity contribution in [2.75, 3.05) is 6.54 Å². The van der Waals surface area contributed by atoms with Gasteiger partial charge in [0.25, 0.3) is 0 Å². The van der Waals surface area contributed by atoms with Crippen molar-refractivity contribution < 1.29 is 27.1 Å². The quantitative estimate of drug-likeness (QED) is 0.411. The minimum Gasteiger partial charge on any atom is -0.405 e. The molecular formula is C22H20F4N6O2. The van der Waals surface area contributed by atoms with Crippen LogP contribution in [0.1, 0.15) is 26.1 Å². The fraction of sp³-hybridized carbons (Fsp3) is 0.273. The first-order valence-corrected chi connectivity index (χ1v) is 10.3. The number of hydrogen-bond donors (Lipinski definition) is 2. The van der Waals surface area contributed by atoms with Crippen molar-refractivity contribution in [2.45, 2.75) is 32.2 Å². The standard InChI is InChI=1S/C22H20F4N6O2/c1-3-10-28-20(33)21(2,27)19-29-15-7-5-4-6-13(15)18-30-17(31-32(18)19)14-11-12(23)8-9-16(14)34-22(24,25)26/h4-9,11H,3,10,27H2,1-2H3,(H,28,33)/t21-/m0/s1. The number of carbonyl (C=O) groups excluding carboxylic acids is 1. The number of nitrogens with one attached hydrogen (secondary N) is 1. The van der Waals surface area contributed by atoms with E-state index in [1.807, 2.05) is 6.92 Å². The van der Waals surface area contributed by atoms with Crippen molar-refractivity contribution in [3.63, 3.8) is 0 Å². The number of nitrogens with two attached hydrogens (primary N) is 1. The number of ether oxygens (including phenoxy) is 1. The molecule has 12 heteroatoms. The lowest BCUT2D eigenvalue weighted by Crippen LogP contribution is -2.51. The molecule has 2 aromatic heterocycles. The summed E-state index contributed by atoms with van der Waals surface area (Å²) in [6.45, 7) is 3.70. The molecule has 178 valence electrons. The Balaban J connectivity index is 1.97. The van der Waals surface area contributed by atoms with E-state index >= 15 is 0 Å². The number of halogens is 4. The van der Waals surface area contributed by atoms with Gasteiger partial charge in [0, 0.05) is 11.9 Å². The number of nitrogens with zero attached hydrogens (tertiary/aromatic N) is 4. The van der Waals surface area contributed by atoms with E-state index in [1.54, 1.807) is 24.3 Å². The Morgan fingerprint density at radius 1 is 1.18 bits per heavy atom. The van der Waals surface area contributed by atoms with E-state index in [0.717, 1.165) is 18.2 Å². The molecule has 2 aromatic carbocycles. The van der Waals surface area contributed by atoms with Crippen LogP contribution in [0.4, 0.5) is 17.6 Å². The summed E-state index contributed by atoms with van der Waals surface area (Å²) in [6.07, 6.45) is -4.34. The monoisotopic (exact) mass is 476 g/mol. The van der Waals surface area contributed by atoms with Crippen LogP contribution in [0.2, 0.25) is 0 Å². The van der Waals surface area contributed by atoms with Crippen molar-refractivity contribution in [3.8, 4) is 17.1 Å². The lowest BCUT2D eigenvalue weighted by molar-refractivity contribution is -0.274. The van der Waals surface area contributed by atoms with Crippen LogP contribution in [0, 0.1) is 5.82 Å². The van der Waals surface area contributed by atoms with Gasteiger partial charge in [-0.25, -0.2) is 14.4 Å². The van der Waals surface area contributed by atoms with E-state index in [0.29, 0.717) is 23.9 Å². The third-order valence-corrected chi connectivity index (χ3v) is 5.06. The van der Waals surface area contributed by atoms with Crippen LogP contribution in [0.5, 0.6) is 5.75 Å². The van der Waals surface area contributed by atoms with Gasteiger partial charge >= 0.3 is 6.36 Å². The SMILES string of the molecule is CCCNC(=O)[C@@](C)(N)c1nc2ccccc2c2nc(-c3cc(F)ccc3OC(F)(F)F)nn12. The van der Waals surface area contributed by atoms with Crippen LogP contribution in [0.15, 0.2) is 42.5 Å². The zero-order chi connectivity index (χ0) is 24.7. The van der Waals surface area contributed by atoms with Gasteiger partial charge in [-0.2, -0.15) is 4.52 Å². The summed E-state index contributed by atoms with van der Waals surface area (Å²) in [5.41, 5.74) is 4.99. The van der Waals surface area contributed by atoms with Crippen molar-refractivity contribution in [1.82, 2.24) is 24.9 Å². The molecule has 4 aromatic rings. The van der Waals surface area contributed by atoms with Crippen molar-refractivity contribution in [1.29, 1.82) is 0 Å². The number of carbonyl (C=O) groups is 1. The normalized spacial score (nSPS) is 13.7. The molecule has 0 radical (unpaired) electrons. The molecule has 0 unspecified atom stereocenters. The third-order valence-electron chi connectivity index (χ3n) is 5.06. The Kier molecular flexibility index (Phi) is 5.86. The number of benzene rings is 2. The fourth-order valence-electron chi connectivity index (χ4n) is 3.42. The number of para-hydroxylation sites is 1. The first-order valence-electron chi connectivity index (χ1n) is 10.3. The highest BCUT2D eigenvalue weighted by molar-refractivity contribution is 5.93. The van der Waals surface area contributed by atoms with Gasteiger partial charge in [0.15, 0.2) is 22.8 Å². The highest BCUT2D eigenvalue weighted by Crippen LogP contribution is 2.34.